The summed E-state index contributed by atoms with van der Waals surface area (Å²) in [7, 11) is 8.66. The molecule has 8 rings (SSSR count). The van der Waals surface area contributed by atoms with E-state index in [1.165, 1.54) is 80.8 Å². The highest BCUT2D eigenvalue weighted by Gasteiger charge is 2.41. The second kappa shape index (κ2) is 8.33. The maximum Gasteiger partial charge on any atom is 0.231 e. The Hall–Kier alpha value is -3.83. The van der Waals surface area contributed by atoms with Crippen LogP contribution in [0.25, 0.3) is 22.8 Å². The second-order valence-electron chi connectivity index (χ2n) is 11.1. The lowest BCUT2D eigenvalue weighted by Crippen LogP contribution is -2.31. The summed E-state index contributed by atoms with van der Waals surface area (Å²) in [4.78, 5) is 7.59. The zero-order chi connectivity index (χ0) is 26.4. The topological polar surface area (TPSA) is 13.8 Å². The van der Waals surface area contributed by atoms with Gasteiger partial charge in [-0.25, -0.2) is 0 Å². The van der Waals surface area contributed by atoms with Gasteiger partial charge in [-0.1, -0.05) is 23.9 Å². The van der Waals surface area contributed by atoms with Gasteiger partial charge in [-0.3, -0.25) is 0 Å². The average molecular weight is 529 g/mol. The summed E-state index contributed by atoms with van der Waals surface area (Å²) in [5.74, 6) is 0. The fourth-order valence-electron chi connectivity index (χ4n) is 6.59. The quantitative estimate of drug-likeness (QED) is 0.319. The molecule has 4 aromatic rings. The lowest BCUT2D eigenvalue weighted by molar-refractivity contribution is -0.674. The standard InChI is InChI=1S/C34H32N4S/c1-35-19-7-5-9-27(35)33-31(37(33)3)25-15-17-29(23-13-11-21(23)25)39-30-18-16-26(22-12-14-24(22)30)32-34(38(32)4)28-10-6-8-20-36(28)2/h5-10,15-20H,11-14H2,1-4H3/q+2. The van der Waals surface area contributed by atoms with Gasteiger partial charge < -0.3 is 9.80 Å². The van der Waals surface area contributed by atoms with Gasteiger partial charge in [0.25, 0.3) is 0 Å². The Morgan fingerprint density at radius 1 is 0.538 bits per heavy atom. The van der Waals surface area contributed by atoms with Crippen molar-refractivity contribution in [3.63, 3.8) is 0 Å². The summed E-state index contributed by atoms with van der Waals surface area (Å²) >= 11 is 1.99. The molecule has 2 aliphatic carbocycles. The molecule has 0 fully saturated rings. The summed E-state index contributed by atoms with van der Waals surface area (Å²) in [6.07, 6.45) is 9.00. The van der Waals surface area contributed by atoms with E-state index < -0.39 is 0 Å². The first-order valence-electron chi connectivity index (χ1n) is 13.9. The van der Waals surface area contributed by atoms with E-state index in [1.54, 1.807) is 22.3 Å². The van der Waals surface area contributed by atoms with Gasteiger partial charge in [0.15, 0.2) is 12.4 Å². The van der Waals surface area contributed by atoms with Crippen LogP contribution in [0.2, 0.25) is 0 Å². The molecule has 2 aromatic carbocycles. The molecule has 0 radical (unpaired) electrons. The molecule has 0 saturated carbocycles. The van der Waals surface area contributed by atoms with Crippen LogP contribution in [-0.4, -0.2) is 23.9 Å². The molecule has 192 valence electrons. The molecule has 0 unspecified atom stereocenters. The predicted molar refractivity (Wildman–Crippen MR) is 156 cm³/mol. The van der Waals surface area contributed by atoms with Gasteiger partial charge in [-0.05, 0) is 72.2 Å². The number of aromatic nitrogens is 2. The third kappa shape index (κ3) is 3.39. The number of benzene rings is 2. The average Bonchev–Trinajstić information content (AvgIpc) is 3.75. The normalized spacial score (nSPS) is 16.6. The van der Waals surface area contributed by atoms with Gasteiger partial charge >= 0.3 is 0 Å². The SMILES string of the molecule is CN1C(c2ccc(Sc3ccc(C4=C(c5cccc[n+]5C)N4C)c4c3CC4)c3c2CC3)=C1c1cccc[n+]1C. The minimum Gasteiger partial charge on any atom is -0.335 e. The first-order chi connectivity index (χ1) is 19.0. The Labute approximate surface area is 234 Å². The third-order valence-corrected chi connectivity index (χ3v) is 10.2. The van der Waals surface area contributed by atoms with Crippen LogP contribution < -0.4 is 9.13 Å². The van der Waals surface area contributed by atoms with Crippen molar-refractivity contribution < 1.29 is 9.13 Å². The second-order valence-corrected chi connectivity index (χ2v) is 12.2. The Balaban J connectivity index is 1.11. The van der Waals surface area contributed by atoms with E-state index >= 15 is 0 Å². The molecule has 0 spiro atoms. The first-order valence-corrected chi connectivity index (χ1v) is 14.7. The zero-order valence-corrected chi connectivity index (χ0v) is 23.8. The molecular weight excluding hydrogens is 496 g/mol. The molecule has 2 aliphatic heterocycles. The largest absolute Gasteiger partial charge is 0.335 e. The van der Waals surface area contributed by atoms with Crippen molar-refractivity contribution >= 4 is 34.6 Å². The highest BCUT2D eigenvalue weighted by atomic mass is 32.2. The van der Waals surface area contributed by atoms with Gasteiger partial charge in [-0.2, -0.15) is 9.13 Å². The Kier molecular flexibility index (Phi) is 4.93. The van der Waals surface area contributed by atoms with Gasteiger partial charge in [0, 0.05) is 59.3 Å². The monoisotopic (exact) mass is 528 g/mol. The summed E-state index contributed by atoms with van der Waals surface area (Å²) in [5, 5.41) is 0. The summed E-state index contributed by atoms with van der Waals surface area (Å²) in [6, 6.07) is 22.4. The van der Waals surface area contributed by atoms with E-state index in [2.05, 4.69) is 120 Å². The number of hydrogen-bond acceptors (Lipinski definition) is 3. The Bertz CT molecular complexity index is 1670. The van der Waals surface area contributed by atoms with Crippen molar-refractivity contribution in [2.24, 2.45) is 14.1 Å². The fourth-order valence-corrected chi connectivity index (χ4v) is 7.80. The van der Waals surface area contributed by atoms with Crippen LogP contribution in [0.15, 0.2) is 82.8 Å². The number of pyridine rings is 2. The van der Waals surface area contributed by atoms with E-state index in [0.29, 0.717) is 0 Å². The lowest BCUT2D eigenvalue weighted by Gasteiger charge is -2.28. The lowest BCUT2D eigenvalue weighted by atomic mass is 9.84. The predicted octanol–water partition coefficient (Wildman–Crippen LogP) is 5.23. The van der Waals surface area contributed by atoms with Crippen LogP contribution in [-0.2, 0) is 39.8 Å². The van der Waals surface area contributed by atoms with Crippen molar-refractivity contribution in [1.82, 2.24) is 9.80 Å². The molecule has 0 N–H and O–H groups in total. The summed E-state index contributed by atoms with van der Waals surface area (Å²) < 4.78 is 4.43. The van der Waals surface area contributed by atoms with Crippen LogP contribution in [0, 0.1) is 0 Å². The molecule has 0 bridgehead atoms. The smallest absolute Gasteiger partial charge is 0.231 e. The first kappa shape index (κ1) is 23.1. The number of rotatable bonds is 6. The minimum absolute atomic E-state index is 1.18. The molecule has 4 nitrogen and oxygen atoms in total. The number of nitrogens with zero attached hydrogens (tertiary/aromatic N) is 4. The number of fused-ring (bicyclic) bond motifs is 2. The number of aryl methyl sites for hydroxylation is 2. The van der Waals surface area contributed by atoms with E-state index in [0.717, 1.165) is 0 Å². The van der Waals surface area contributed by atoms with Crippen LogP contribution in [0.4, 0.5) is 0 Å². The molecule has 39 heavy (non-hydrogen) atoms. The molecule has 4 heterocycles. The summed E-state index contributed by atoms with van der Waals surface area (Å²) in [6.45, 7) is 0. The molecule has 0 atom stereocenters. The molecule has 0 amide bonds. The fraction of sp³-hybridized carbons (Fsp3) is 0.235. The Morgan fingerprint density at radius 2 is 0.974 bits per heavy atom. The minimum atomic E-state index is 1.18. The van der Waals surface area contributed by atoms with Crippen molar-refractivity contribution in [2.75, 3.05) is 14.1 Å². The van der Waals surface area contributed by atoms with E-state index in [4.69, 9.17) is 0 Å². The van der Waals surface area contributed by atoms with Crippen LogP contribution >= 0.6 is 11.8 Å². The van der Waals surface area contributed by atoms with Gasteiger partial charge in [-0.15, -0.1) is 0 Å². The zero-order valence-electron chi connectivity index (χ0n) is 23.0. The van der Waals surface area contributed by atoms with E-state index in [-0.39, 0.29) is 0 Å². The van der Waals surface area contributed by atoms with Crippen LogP contribution in [0.5, 0.6) is 0 Å². The summed E-state index contributed by atoms with van der Waals surface area (Å²) in [5.41, 5.74) is 17.1. The number of hydrogen-bond donors (Lipinski definition) is 0. The van der Waals surface area contributed by atoms with Gasteiger partial charge in [0.1, 0.15) is 25.5 Å². The molecule has 5 heteroatoms. The maximum atomic E-state index is 2.38. The highest BCUT2D eigenvalue weighted by Crippen LogP contribution is 2.52. The molecule has 0 saturated heterocycles. The maximum absolute atomic E-state index is 2.38. The molecule has 4 aliphatic rings. The van der Waals surface area contributed by atoms with Crippen LogP contribution in [0.1, 0.15) is 44.8 Å². The Morgan fingerprint density at radius 3 is 1.36 bits per heavy atom. The van der Waals surface area contributed by atoms with Crippen molar-refractivity contribution in [3.05, 3.63) is 118 Å². The molecule has 2 aromatic heterocycles. The van der Waals surface area contributed by atoms with Crippen molar-refractivity contribution in [1.29, 1.82) is 0 Å². The van der Waals surface area contributed by atoms with E-state index in [9.17, 15) is 0 Å². The van der Waals surface area contributed by atoms with E-state index in [1.807, 2.05) is 11.8 Å². The van der Waals surface area contributed by atoms with Crippen LogP contribution in [0.3, 0.4) is 0 Å². The van der Waals surface area contributed by atoms with Gasteiger partial charge in [0.2, 0.25) is 11.4 Å². The van der Waals surface area contributed by atoms with Crippen molar-refractivity contribution in [3.8, 4) is 0 Å². The third-order valence-electron chi connectivity index (χ3n) is 9.04. The van der Waals surface area contributed by atoms with Crippen molar-refractivity contribution in [2.45, 2.75) is 35.5 Å². The highest BCUT2D eigenvalue weighted by molar-refractivity contribution is 7.99. The molecular formula is C34H32N4S+2. The van der Waals surface area contributed by atoms with Gasteiger partial charge in [0.05, 0.1) is 11.4 Å².